The van der Waals surface area contributed by atoms with E-state index in [9.17, 15) is 4.39 Å². The lowest BCUT2D eigenvalue weighted by atomic mass is 10.1. The maximum absolute atomic E-state index is 13.3. The van der Waals surface area contributed by atoms with Crippen molar-refractivity contribution in [3.8, 4) is 0 Å². The topological polar surface area (TPSA) is 12.0 Å². The van der Waals surface area contributed by atoms with Gasteiger partial charge in [-0.05, 0) is 36.7 Å². The molecule has 2 aromatic rings. The van der Waals surface area contributed by atoms with Crippen molar-refractivity contribution >= 4 is 11.6 Å². The molecule has 0 bridgehead atoms. The second-order valence-corrected chi connectivity index (χ2v) is 4.58. The zero-order chi connectivity index (χ0) is 12.8. The fourth-order valence-corrected chi connectivity index (χ4v) is 1.87. The molecule has 3 heteroatoms. The summed E-state index contributed by atoms with van der Waals surface area (Å²) in [6.07, 6.45) is 0.908. The Morgan fingerprint density at radius 3 is 2.44 bits per heavy atom. The summed E-state index contributed by atoms with van der Waals surface area (Å²) >= 11 is 5.81. The fraction of sp³-hybridized carbons (Fsp3) is 0.200. The van der Waals surface area contributed by atoms with Gasteiger partial charge in [-0.3, -0.25) is 0 Å². The van der Waals surface area contributed by atoms with Gasteiger partial charge in [0.2, 0.25) is 0 Å². The summed E-state index contributed by atoms with van der Waals surface area (Å²) in [7, 11) is 0. The largest absolute Gasteiger partial charge is 0.312 e. The first kappa shape index (κ1) is 13.1. The Balaban J connectivity index is 1.76. The summed E-state index contributed by atoms with van der Waals surface area (Å²) in [6.45, 7) is 1.37. The van der Waals surface area contributed by atoms with Crippen LogP contribution in [0.25, 0.3) is 0 Å². The van der Waals surface area contributed by atoms with Crippen LogP contribution < -0.4 is 5.32 Å². The van der Waals surface area contributed by atoms with Gasteiger partial charge < -0.3 is 5.32 Å². The Kier molecular flexibility index (Phi) is 4.73. The van der Waals surface area contributed by atoms with E-state index in [4.69, 9.17) is 11.6 Å². The van der Waals surface area contributed by atoms with Crippen LogP contribution in [0.15, 0.2) is 48.5 Å². The van der Waals surface area contributed by atoms with Crippen LogP contribution in [-0.2, 0) is 13.0 Å². The second kappa shape index (κ2) is 6.53. The van der Waals surface area contributed by atoms with Crippen molar-refractivity contribution < 1.29 is 4.39 Å². The molecule has 0 aliphatic carbocycles. The fourth-order valence-electron chi connectivity index (χ4n) is 1.75. The molecule has 0 saturated heterocycles. The minimum atomic E-state index is -0.156. The van der Waals surface area contributed by atoms with Crippen LogP contribution in [0.1, 0.15) is 11.1 Å². The van der Waals surface area contributed by atoms with Crippen molar-refractivity contribution in [2.45, 2.75) is 13.0 Å². The number of halogens is 2. The number of hydrogen-bond acceptors (Lipinski definition) is 1. The molecule has 18 heavy (non-hydrogen) atoms. The van der Waals surface area contributed by atoms with E-state index in [-0.39, 0.29) is 5.82 Å². The molecule has 2 rings (SSSR count). The summed E-state index contributed by atoms with van der Waals surface area (Å²) in [5.41, 5.74) is 1.93. The van der Waals surface area contributed by atoms with Crippen LogP contribution in [-0.4, -0.2) is 6.54 Å². The summed E-state index contributed by atoms with van der Waals surface area (Å²) in [5, 5.41) is 3.98. The third kappa shape index (κ3) is 3.83. The van der Waals surface area contributed by atoms with E-state index in [0.29, 0.717) is 12.1 Å². The molecule has 0 amide bonds. The van der Waals surface area contributed by atoms with Crippen LogP contribution in [0.3, 0.4) is 0 Å². The van der Waals surface area contributed by atoms with Crippen molar-refractivity contribution in [3.05, 3.63) is 70.5 Å². The molecule has 1 nitrogen and oxygen atoms in total. The molecule has 0 aliphatic heterocycles. The summed E-state index contributed by atoms with van der Waals surface area (Å²) in [5.74, 6) is -0.156. The maximum atomic E-state index is 13.3. The van der Waals surface area contributed by atoms with E-state index in [1.54, 1.807) is 12.1 Å². The molecule has 0 saturated carbocycles. The minimum absolute atomic E-state index is 0.156. The molecule has 0 radical (unpaired) electrons. The molecular formula is C15H15ClFN. The lowest BCUT2D eigenvalue weighted by Crippen LogP contribution is -2.17. The standard InChI is InChI=1S/C15H15ClFN/c16-14-7-5-12(6-8-14)9-10-18-11-13-3-1-2-4-15(13)17/h1-8,18H,9-11H2. The van der Waals surface area contributed by atoms with E-state index in [1.807, 2.05) is 30.3 Å². The minimum Gasteiger partial charge on any atom is -0.312 e. The van der Waals surface area contributed by atoms with Crippen molar-refractivity contribution in [1.29, 1.82) is 0 Å². The Morgan fingerprint density at radius 1 is 1.00 bits per heavy atom. The third-order valence-corrected chi connectivity index (χ3v) is 3.03. The first-order chi connectivity index (χ1) is 8.75. The lowest BCUT2D eigenvalue weighted by molar-refractivity contribution is 0.588. The molecule has 0 heterocycles. The molecule has 2 aromatic carbocycles. The van der Waals surface area contributed by atoms with Crippen molar-refractivity contribution in [3.63, 3.8) is 0 Å². The zero-order valence-electron chi connectivity index (χ0n) is 10.00. The second-order valence-electron chi connectivity index (χ2n) is 4.14. The highest BCUT2D eigenvalue weighted by molar-refractivity contribution is 6.30. The lowest BCUT2D eigenvalue weighted by Gasteiger charge is -2.06. The van der Waals surface area contributed by atoms with E-state index in [1.165, 1.54) is 11.6 Å². The molecule has 0 atom stereocenters. The van der Waals surface area contributed by atoms with Crippen molar-refractivity contribution in [2.75, 3.05) is 6.54 Å². The average molecular weight is 264 g/mol. The van der Waals surface area contributed by atoms with Crippen LogP contribution in [0.4, 0.5) is 4.39 Å². The molecule has 0 fully saturated rings. The van der Waals surface area contributed by atoms with Crippen molar-refractivity contribution in [1.82, 2.24) is 5.32 Å². The third-order valence-electron chi connectivity index (χ3n) is 2.78. The van der Waals surface area contributed by atoms with Gasteiger partial charge in [0.1, 0.15) is 5.82 Å². The van der Waals surface area contributed by atoms with Gasteiger partial charge in [0.15, 0.2) is 0 Å². The van der Waals surface area contributed by atoms with Crippen molar-refractivity contribution in [2.24, 2.45) is 0 Å². The summed E-state index contributed by atoms with van der Waals surface area (Å²) < 4.78 is 13.3. The van der Waals surface area contributed by atoms with E-state index in [2.05, 4.69) is 5.32 Å². The summed E-state index contributed by atoms with van der Waals surface area (Å²) in [6, 6.07) is 14.6. The van der Waals surface area contributed by atoms with Gasteiger partial charge in [0.05, 0.1) is 0 Å². The highest BCUT2D eigenvalue weighted by Crippen LogP contribution is 2.10. The Labute approximate surface area is 112 Å². The smallest absolute Gasteiger partial charge is 0.127 e. The normalized spacial score (nSPS) is 10.6. The maximum Gasteiger partial charge on any atom is 0.127 e. The quantitative estimate of drug-likeness (QED) is 0.809. The Bertz CT molecular complexity index is 496. The molecule has 1 N–H and O–H groups in total. The van der Waals surface area contributed by atoms with Gasteiger partial charge in [0.25, 0.3) is 0 Å². The molecule has 0 unspecified atom stereocenters. The predicted molar refractivity (Wildman–Crippen MR) is 73.3 cm³/mol. The van der Waals surface area contributed by atoms with Crippen LogP contribution in [0.2, 0.25) is 5.02 Å². The predicted octanol–water partition coefficient (Wildman–Crippen LogP) is 3.81. The molecule has 94 valence electrons. The zero-order valence-corrected chi connectivity index (χ0v) is 10.8. The van der Waals surface area contributed by atoms with Gasteiger partial charge in [0, 0.05) is 17.1 Å². The number of hydrogen-bond donors (Lipinski definition) is 1. The van der Waals surface area contributed by atoms with Gasteiger partial charge in [-0.25, -0.2) is 4.39 Å². The molecule has 0 aromatic heterocycles. The number of nitrogens with one attached hydrogen (secondary N) is 1. The van der Waals surface area contributed by atoms with Gasteiger partial charge >= 0.3 is 0 Å². The van der Waals surface area contributed by atoms with Crippen LogP contribution in [0, 0.1) is 5.82 Å². The van der Waals surface area contributed by atoms with Gasteiger partial charge in [-0.2, -0.15) is 0 Å². The highest BCUT2D eigenvalue weighted by atomic mass is 35.5. The van der Waals surface area contributed by atoms with Crippen LogP contribution in [0.5, 0.6) is 0 Å². The van der Waals surface area contributed by atoms with E-state index >= 15 is 0 Å². The monoisotopic (exact) mass is 263 g/mol. The van der Waals surface area contributed by atoms with E-state index in [0.717, 1.165) is 18.0 Å². The van der Waals surface area contributed by atoms with Gasteiger partial charge in [-0.1, -0.05) is 41.9 Å². The average Bonchev–Trinajstić information content (AvgIpc) is 2.39. The molecule has 0 aliphatic rings. The SMILES string of the molecule is Fc1ccccc1CNCCc1ccc(Cl)cc1. The number of benzene rings is 2. The van der Waals surface area contributed by atoms with Gasteiger partial charge in [-0.15, -0.1) is 0 Å². The summed E-state index contributed by atoms with van der Waals surface area (Å²) in [4.78, 5) is 0. The molecular weight excluding hydrogens is 249 g/mol. The first-order valence-electron chi connectivity index (χ1n) is 5.94. The number of rotatable bonds is 5. The highest BCUT2D eigenvalue weighted by Gasteiger charge is 1.99. The van der Waals surface area contributed by atoms with E-state index < -0.39 is 0 Å². The molecule has 0 spiro atoms. The Hall–Kier alpha value is -1.38. The van der Waals surface area contributed by atoms with Crippen LogP contribution >= 0.6 is 11.6 Å². The Morgan fingerprint density at radius 2 is 1.72 bits per heavy atom. The first-order valence-corrected chi connectivity index (χ1v) is 6.32.